The van der Waals surface area contributed by atoms with Crippen LogP contribution in [0.5, 0.6) is 5.75 Å². The van der Waals surface area contributed by atoms with Crippen molar-refractivity contribution >= 4 is 11.7 Å². The van der Waals surface area contributed by atoms with Crippen LogP contribution in [0.25, 0.3) is 0 Å². The molecule has 1 N–H and O–H groups in total. The van der Waals surface area contributed by atoms with E-state index in [-0.39, 0.29) is 23.9 Å². The van der Waals surface area contributed by atoms with Gasteiger partial charge in [-0.3, -0.25) is 9.69 Å². The Bertz CT molecular complexity index is 894. The van der Waals surface area contributed by atoms with Gasteiger partial charge in [-0.1, -0.05) is 26.0 Å². The van der Waals surface area contributed by atoms with Gasteiger partial charge in [0.2, 0.25) is 0 Å². The molecule has 34 heavy (non-hydrogen) atoms. The molecule has 1 aromatic rings. The highest BCUT2D eigenvalue weighted by Crippen LogP contribution is 2.51. The van der Waals surface area contributed by atoms with Gasteiger partial charge in [-0.25, -0.2) is 0 Å². The molecule has 0 spiro atoms. The predicted octanol–water partition coefficient (Wildman–Crippen LogP) is 4.13. The fourth-order valence-corrected chi connectivity index (χ4v) is 6.54. The highest BCUT2D eigenvalue weighted by atomic mass is 16.5. The Morgan fingerprint density at radius 2 is 1.97 bits per heavy atom. The Hall–Kier alpha value is -2.05. The molecule has 6 atom stereocenters. The number of carbonyl (C=O) groups excluding carboxylic acids is 1. The van der Waals surface area contributed by atoms with E-state index in [1.807, 2.05) is 13.0 Å². The van der Waals surface area contributed by atoms with E-state index < -0.39 is 5.60 Å². The van der Waals surface area contributed by atoms with E-state index in [1.54, 1.807) is 7.11 Å². The zero-order valence-electron chi connectivity index (χ0n) is 21.5. The summed E-state index contributed by atoms with van der Waals surface area (Å²) in [6, 6.07) is 8.32. The van der Waals surface area contributed by atoms with Gasteiger partial charge in [0.15, 0.2) is 0 Å². The molecule has 188 valence electrons. The van der Waals surface area contributed by atoms with Gasteiger partial charge in [-0.15, -0.1) is 0 Å². The summed E-state index contributed by atoms with van der Waals surface area (Å²) < 4.78 is 10.9. The van der Waals surface area contributed by atoms with Crippen molar-refractivity contribution < 1.29 is 19.4 Å². The number of carbonyl (C=O) groups is 1. The molecule has 6 nitrogen and oxygen atoms in total. The molecule has 1 aliphatic heterocycles. The van der Waals surface area contributed by atoms with Crippen molar-refractivity contribution in [1.82, 2.24) is 4.90 Å². The van der Waals surface area contributed by atoms with Crippen LogP contribution < -0.4 is 9.64 Å². The molecule has 1 heterocycles. The van der Waals surface area contributed by atoms with Crippen LogP contribution in [-0.4, -0.2) is 67.5 Å². The number of hydrogen-bond acceptors (Lipinski definition) is 6. The molecule has 1 saturated carbocycles. The largest absolute Gasteiger partial charge is 0.497 e. The number of hydrogen-bond donors (Lipinski definition) is 1. The molecule has 0 aromatic heterocycles. The topological polar surface area (TPSA) is 62.2 Å². The van der Waals surface area contributed by atoms with Gasteiger partial charge in [-0.2, -0.15) is 0 Å². The smallest absolute Gasteiger partial charge is 0.303 e. The monoisotopic (exact) mass is 470 g/mol. The fraction of sp³-hybridized carbons (Fsp3) is 0.679. The Morgan fingerprint density at radius 1 is 1.24 bits per heavy atom. The molecular weight excluding hydrogens is 428 g/mol. The lowest BCUT2D eigenvalue weighted by atomic mass is 9.57. The predicted molar refractivity (Wildman–Crippen MR) is 135 cm³/mol. The van der Waals surface area contributed by atoms with Crippen LogP contribution >= 0.6 is 0 Å². The van der Waals surface area contributed by atoms with Crippen LogP contribution in [0.3, 0.4) is 0 Å². The molecule has 3 aliphatic rings. The molecule has 0 bridgehead atoms. The summed E-state index contributed by atoms with van der Waals surface area (Å²) in [7, 11) is 1.71. The van der Waals surface area contributed by atoms with Crippen molar-refractivity contribution in [3.63, 3.8) is 0 Å². The molecule has 6 heteroatoms. The maximum atomic E-state index is 11.8. The number of nitrogens with zero attached hydrogens (tertiary/aromatic N) is 2. The molecule has 0 unspecified atom stereocenters. The first-order valence-electron chi connectivity index (χ1n) is 12.9. The summed E-state index contributed by atoms with van der Waals surface area (Å²) in [5.41, 5.74) is 1.51. The van der Waals surface area contributed by atoms with E-state index in [4.69, 9.17) is 9.47 Å². The molecule has 2 aliphatic carbocycles. The van der Waals surface area contributed by atoms with Crippen LogP contribution in [0.1, 0.15) is 47.0 Å². The lowest BCUT2D eigenvalue weighted by Crippen LogP contribution is -2.56. The van der Waals surface area contributed by atoms with E-state index in [0.29, 0.717) is 18.3 Å². The molecule has 1 saturated heterocycles. The van der Waals surface area contributed by atoms with Crippen molar-refractivity contribution in [2.24, 2.45) is 23.7 Å². The maximum absolute atomic E-state index is 11.8. The van der Waals surface area contributed by atoms with E-state index in [0.717, 1.165) is 56.9 Å². The first-order valence-corrected chi connectivity index (χ1v) is 12.9. The van der Waals surface area contributed by atoms with E-state index in [9.17, 15) is 9.90 Å². The van der Waals surface area contributed by atoms with Crippen molar-refractivity contribution in [1.29, 1.82) is 0 Å². The summed E-state index contributed by atoms with van der Waals surface area (Å²) >= 11 is 0. The standard InChI is InChI=1S/C28H42N2O4/c1-19-15-26-25(10-9-21(3)28(26,32)17-27(19)34-22(4)31)20(2)18-29-11-13-30(14-12-29)23-7-6-8-24(16-23)33-5/h6-8,15-16,20-21,25-27,32H,9-14,17-18H2,1-5H3/t20-,21-,25+,26-,27-,28-/m1/s1. The number of aliphatic hydroxyl groups is 1. The Kier molecular flexibility index (Phi) is 7.58. The highest BCUT2D eigenvalue weighted by Gasteiger charge is 2.52. The van der Waals surface area contributed by atoms with Crippen molar-refractivity contribution in [2.75, 3.05) is 44.7 Å². The van der Waals surface area contributed by atoms with E-state index in [2.05, 4.69) is 47.9 Å². The number of fused-ring (bicyclic) bond motifs is 1. The van der Waals surface area contributed by atoms with Crippen LogP contribution in [0.15, 0.2) is 35.9 Å². The number of methoxy groups -OCH3 is 1. The normalized spacial score (nSPS) is 33.0. The SMILES string of the molecule is COc1cccc(N2CCN(C[C@@H](C)[C@@H]3CC[C@@H](C)[C@]4(O)C[C@@H](OC(C)=O)C(C)=C[C@H]34)CC2)c1. The minimum absolute atomic E-state index is 0.121. The van der Waals surface area contributed by atoms with Gasteiger partial charge in [0.25, 0.3) is 0 Å². The minimum Gasteiger partial charge on any atom is -0.497 e. The molecule has 4 rings (SSSR count). The van der Waals surface area contributed by atoms with Gasteiger partial charge >= 0.3 is 5.97 Å². The summed E-state index contributed by atoms with van der Waals surface area (Å²) in [5, 5.41) is 11.8. The Labute approximate surface area is 204 Å². The second kappa shape index (κ2) is 10.3. The number of piperazine rings is 1. The number of anilines is 1. The minimum atomic E-state index is -0.804. The third-order valence-electron chi connectivity index (χ3n) is 8.66. The lowest BCUT2D eigenvalue weighted by Gasteiger charge is -2.53. The summed E-state index contributed by atoms with van der Waals surface area (Å²) in [6.07, 6.45) is 4.60. The van der Waals surface area contributed by atoms with Crippen molar-refractivity contribution in [3.05, 3.63) is 35.9 Å². The summed E-state index contributed by atoms with van der Waals surface area (Å²) in [6.45, 7) is 13.2. The van der Waals surface area contributed by atoms with Crippen LogP contribution in [0, 0.1) is 23.7 Å². The summed E-state index contributed by atoms with van der Waals surface area (Å²) in [4.78, 5) is 16.6. The van der Waals surface area contributed by atoms with E-state index in [1.165, 1.54) is 12.6 Å². The van der Waals surface area contributed by atoms with Gasteiger partial charge < -0.3 is 19.5 Å². The van der Waals surface area contributed by atoms with Crippen LogP contribution in [0.2, 0.25) is 0 Å². The number of rotatable bonds is 6. The Morgan fingerprint density at radius 3 is 2.65 bits per heavy atom. The molecular formula is C28H42N2O4. The van der Waals surface area contributed by atoms with Gasteiger partial charge in [0.05, 0.1) is 12.7 Å². The zero-order valence-corrected chi connectivity index (χ0v) is 21.5. The van der Waals surface area contributed by atoms with Gasteiger partial charge in [0, 0.05) is 63.7 Å². The third kappa shape index (κ3) is 5.13. The maximum Gasteiger partial charge on any atom is 0.303 e. The first kappa shape index (κ1) is 25.1. The first-order chi connectivity index (χ1) is 16.2. The summed E-state index contributed by atoms with van der Waals surface area (Å²) in [5.74, 6) is 1.87. The average molecular weight is 471 g/mol. The second-order valence-electron chi connectivity index (χ2n) is 10.8. The molecule has 1 aromatic carbocycles. The highest BCUT2D eigenvalue weighted by molar-refractivity contribution is 5.66. The second-order valence-corrected chi connectivity index (χ2v) is 10.8. The molecule has 0 amide bonds. The molecule has 0 radical (unpaired) electrons. The average Bonchev–Trinajstić information content (AvgIpc) is 2.81. The van der Waals surface area contributed by atoms with Gasteiger partial charge in [-0.05, 0) is 55.2 Å². The van der Waals surface area contributed by atoms with E-state index >= 15 is 0 Å². The molecule has 2 fully saturated rings. The van der Waals surface area contributed by atoms with Crippen LogP contribution in [0.4, 0.5) is 5.69 Å². The fourth-order valence-electron chi connectivity index (χ4n) is 6.54. The number of ether oxygens (including phenoxy) is 2. The van der Waals surface area contributed by atoms with Crippen LogP contribution in [-0.2, 0) is 9.53 Å². The van der Waals surface area contributed by atoms with Crippen molar-refractivity contribution in [3.8, 4) is 5.75 Å². The lowest BCUT2D eigenvalue weighted by molar-refractivity contribution is -0.159. The number of benzene rings is 1. The van der Waals surface area contributed by atoms with Gasteiger partial charge in [0.1, 0.15) is 11.9 Å². The Balaban J connectivity index is 1.40. The quantitative estimate of drug-likeness (QED) is 0.498. The van der Waals surface area contributed by atoms with Crippen molar-refractivity contribution in [2.45, 2.75) is 58.7 Å². The third-order valence-corrected chi connectivity index (χ3v) is 8.66. The zero-order chi connectivity index (χ0) is 24.5. The number of esters is 1.